The number of nitrogens with zero attached hydrogens (tertiary/aromatic N) is 2. The van der Waals surface area contributed by atoms with Gasteiger partial charge in [-0.1, -0.05) is 12.2 Å². The molecular weight excluding hydrogens is 392 g/mol. The summed E-state index contributed by atoms with van der Waals surface area (Å²) in [4.78, 5) is 17.9. The average Bonchev–Trinajstić information content (AvgIpc) is 3.53. The Balaban J connectivity index is 1.71. The normalized spacial score (nSPS) is 24.5. The molecule has 0 aromatic carbocycles. The van der Waals surface area contributed by atoms with Crippen LogP contribution in [0.4, 0.5) is 0 Å². The molecule has 0 aliphatic carbocycles. The minimum atomic E-state index is -0.187. The molecule has 5 rings (SSSR count). The molecule has 168 valence electrons. The highest BCUT2D eigenvalue weighted by atomic mass is 14.9. The van der Waals surface area contributed by atoms with Crippen LogP contribution in [0.25, 0.3) is 0 Å². The van der Waals surface area contributed by atoms with Gasteiger partial charge >= 0.3 is 0 Å². The maximum atomic E-state index is 5.21. The molecular formula is C28H36N4. The maximum Gasteiger partial charge on any atom is 0.0482 e. The fourth-order valence-electron chi connectivity index (χ4n) is 5.28. The molecule has 2 aromatic rings. The molecule has 0 atom stereocenters. The number of H-pyrrole nitrogens is 2. The Hall–Kier alpha value is -2.62. The highest BCUT2D eigenvalue weighted by Crippen LogP contribution is 2.42. The number of rotatable bonds is 0. The van der Waals surface area contributed by atoms with Gasteiger partial charge in [0, 0.05) is 80.1 Å². The molecule has 0 fully saturated rings. The first-order valence-corrected chi connectivity index (χ1v) is 11.8. The summed E-state index contributed by atoms with van der Waals surface area (Å²) in [7, 11) is 0. The highest BCUT2D eigenvalue weighted by Gasteiger charge is 2.40. The van der Waals surface area contributed by atoms with Crippen molar-refractivity contribution in [3.05, 3.63) is 70.6 Å². The standard InChI is InChI=1S/C28H36N4/c1-25(2)17-9-11-19(29-17)26(3,4)21-13-15-23(31-21)28(7,8)24-16-14-22(32-24)27(5,6)20-12-10-18(25)30-20/h9-11,14-16,29,32H,12-13H2,1-8H3. The van der Waals surface area contributed by atoms with Gasteiger partial charge in [-0.25, -0.2) is 0 Å². The molecule has 3 aliphatic rings. The Bertz CT molecular complexity index is 1120. The summed E-state index contributed by atoms with van der Waals surface area (Å²) in [5, 5.41) is 0. The number of nitrogens with one attached hydrogen (secondary N) is 2. The van der Waals surface area contributed by atoms with Crippen LogP contribution in [0.3, 0.4) is 0 Å². The second kappa shape index (κ2) is 6.46. The van der Waals surface area contributed by atoms with E-state index in [4.69, 9.17) is 9.98 Å². The van der Waals surface area contributed by atoms with Crippen LogP contribution in [0.2, 0.25) is 0 Å². The van der Waals surface area contributed by atoms with E-state index in [-0.39, 0.29) is 21.7 Å². The second-order valence-electron chi connectivity index (χ2n) is 11.8. The summed E-state index contributed by atoms with van der Waals surface area (Å²) >= 11 is 0. The van der Waals surface area contributed by atoms with Crippen molar-refractivity contribution >= 4 is 11.4 Å². The maximum absolute atomic E-state index is 5.21. The largest absolute Gasteiger partial charge is 0.361 e. The molecule has 0 saturated carbocycles. The fourth-order valence-corrected chi connectivity index (χ4v) is 5.28. The lowest BCUT2D eigenvalue weighted by Gasteiger charge is -2.29. The first-order chi connectivity index (χ1) is 14.8. The van der Waals surface area contributed by atoms with Crippen LogP contribution >= 0.6 is 0 Å². The quantitative estimate of drug-likeness (QED) is 0.473. The van der Waals surface area contributed by atoms with E-state index >= 15 is 0 Å². The topological polar surface area (TPSA) is 56.3 Å². The molecule has 2 N–H and O–H groups in total. The number of hydrogen-bond donors (Lipinski definition) is 2. The SMILES string of the molecule is CC1(C)C2=CCC(=N2)C(C)(C)c2ccc([nH]2)C(C)(C)C2=CCC(=N2)C(C)(C)c2ccc1[nH]2. The van der Waals surface area contributed by atoms with Crippen molar-refractivity contribution in [1.82, 2.24) is 9.97 Å². The number of hydrogen-bond acceptors (Lipinski definition) is 2. The smallest absolute Gasteiger partial charge is 0.0482 e. The Kier molecular flexibility index (Phi) is 4.29. The van der Waals surface area contributed by atoms with Crippen molar-refractivity contribution in [2.24, 2.45) is 9.98 Å². The summed E-state index contributed by atoms with van der Waals surface area (Å²) in [6, 6.07) is 8.95. The molecule has 0 saturated heterocycles. The molecule has 5 heterocycles. The first kappa shape index (κ1) is 21.2. The molecule has 0 spiro atoms. The van der Waals surface area contributed by atoms with E-state index in [9.17, 15) is 0 Å². The van der Waals surface area contributed by atoms with E-state index in [0.717, 1.165) is 24.2 Å². The van der Waals surface area contributed by atoms with Gasteiger partial charge in [-0.2, -0.15) is 0 Å². The zero-order valence-corrected chi connectivity index (χ0v) is 20.8. The van der Waals surface area contributed by atoms with Crippen LogP contribution in [0.1, 0.15) is 91.0 Å². The highest BCUT2D eigenvalue weighted by molar-refractivity contribution is 5.98. The third kappa shape index (κ3) is 2.88. The van der Waals surface area contributed by atoms with Gasteiger partial charge in [0.15, 0.2) is 0 Å². The average molecular weight is 429 g/mol. The Morgan fingerprint density at radius 1 is 0.531 bits per heavy atom. The van der Waals surface area contributed by atoms with Crippen LogP contribution < -0.4 is 0 Å². The monoisotopic (exact) mass is 428 g/mol. The van der Waals surface area contributed by atoms with Gasteiger partial charge in [0.1, 0.15) is 0 Å². The first-order valence-electron chi connectivity index (χ1n) is 11.8. The molecule has 4 heteroatoms. The lowest BCUT2D eigenvalue weighted by Crippen LogP contribution is -2.30. The van der Waals surface area contributed by atoms with Crippen LogP contribution in [-0.4, -0.2) is 21.4 Å². The molecule has 32 heavy (non-hydrogen) atoms. The van der Waals surface area contributed by atoms with Gasteiger partial charge in [0.25, 0.3) is 0 Å². The third-order valence-electron chi connectivity index (χ3n) is 8.28. The van der Waals surface area contributed by atoms with Crippen molar-refractivity contribution < 1.29 is 0 Å². The number of aromatic amines is 2. The van der Waals surface area contributed by atoms with E-state index in [1.54, 1.807) is 0 Å². The summed E-state index contributed by atoms with van der Waals surface area (Å²) in [6.45, 7) is 18.2. The van der Waals surface area contributed by atoms with Crippen molar-refractivity contribution in [2.75, 3.05) is 0 Å². The van der Waals surface area contributed by atoms with E-state index in [1.807, 2.05) is 0 Å². The van der Waals surface area contributed by atoms with Gasteiger partial charge in [-0.15, -0.1) is 0 Å². The third-order valence-corrected chi connectivity index (χ3v) is 8.28. The van der Waals surface area contributed by atoms with Crippen molar-refractivity contribution in [2.45, 2.75) is 89.9 Å². The molecule has 0 amide bonds. The van der Waals surface area contributed by atoms with E-state index < -0.39 is 0 Å². The van der Waals surface area contributed by atoms with Crippen LogP contribution in [0, 0.1) is 0 Å². The van der Waals surface area contributed by atoms with E-state index in [0.29, 0.717) is 0 Å². The van der Waals surface area contributed by atoms with Gasteiger partial charge in [0.2, 0.25) is 0 Å². The molecule has 0 radical (unpaired) electrons. The summed E-state index contributed by atoms with van der Waals surface area (Å²) in [5.74, 6) is 0. The van der Waals surface area contributed by atoms with Gasteiger partial charge in [-0.05, 0) is 79.7 Å². The molecule has 2 aromatic heterocycles. The minimum absolute atomic E-state index is 0.166. The summed E-state index contributed by atoms with van der Waals surface area (Å²) < 4.78 is 0. The van der Waals surface area contributed by atoms with Gasteiger partial charge in [-0.3, -0.25) is 9.98 Å². The summed E-state index contributed by atoms with van der Waals surface area (Å²) in [6.07, 6.45) is 6.40. The Morgan fingerprint density at radius 3 is 1.19 bits per heavy atom. The lowest BCUT2D eigenvalue weighted by atomic mass is 9.82. The van der Waals surface area contributed by atoms with Crippen LogP contribution in [0.15, 0.2) is 57.8 Å². The van der Waals surface area contributed by atoms with Gasteiger partial charge in [0.05, 0.1) is 0 Å². The molecule has 4 nitrogen and oxygen atoms in total. The predicted octanol–water partition coefficient (Wildman–Crippen LogP) is 6.62. The van der Waals surface area contributed by atoms with Crippen molar-refractivity contribution in [1.29, 1.82) is 0 Å². The molecule has 3 aliphatic heterocycles. The fraction of sp³-hybridized carbons (Fsp3) is 0.500. The Morgan fingerprint density at radius 2 is 0.844 bits per heavy atom. The molecule has 0 unspecified atom stereocenters. The zero-order chi connectivity index (χ0) is 23.1. The number of fused-ring (bicyclic) bond motifs is 6. The lowest BCUT2D eigenvalue weighted by molar-refractivity contribution is 0.581. The van der Waals surface area contributed by atoms with Crippen LogP contribution in [0.5, 0.6) is 0 Å². The van der Waals surface area contributed by atoms with Crippen molar-refractivity contribution in [3.63, 3.8) is 0 Å². The number of aliphatic imine (C=N–C) groups is 2. The number of aromatic nitrogens is 2. The van der Waals surface area contributed by atoms with Gasteiger partial charge < -0.3 is 9.97 Å². The van der Waals surface area contributed by atoms with E-state index in [1.165, 1.54) is 34.2 Å². The molecule has 8 bridgehead atoms. The predicted molar refractivity (Wildman–Crippen MR) is 134 cm³/mol. The Labute approximate surface area is 192 Å². The van der Waals surface area contributed by atoms with Crippen LogP contribution in [-0.2, 0) is 21.7 Å². The second-order valence-corrected chi connectivity index (χ2v) is 11.8. The van der Waals surface area contributed by atoms with Crippen molar-refractivity contribution in [3.8, 4) is 0 Å². The van der Waals surface area contributed by atoms with E-state index in [2.05, 4.69) is 102 Å². The zero-order valence-electron chi connectivity index (χ0n) is 20.8. The minimum Gasteiger partial charge on any atom is -0.361 e. The number of allylic oxidation sites excluding steroid dienone is 4. The summed E-state index contributed by atoms with van der Waals surface area (Å²) in [5.41, 5.74) is 8.85.